The van der Waals surface area contributed by atoms with Crippen LogP contribution in [0.4, 0.5) is 15.8 Å². The van der Waals surface area contributed by atoms with E-state index in [1.54, 1.807) is 13.2 Å². The monoisotopic (exact) mass is 748 g/mol. The maximum Gasteiger partial charge on any atom is 0.282 e. The van der Waals surface area contributed by atoms with Crippen LogP contribution in [0, 0.1) is 5.82 Å². The van der Waals surface area contributed by atoms with Crippen molar-refractivity contribution in [2.75, 3.05) is 56.5 Å². The van der Waals surface area contributed by atoms with Crippen LogP contribution in [0.15, 0.2) is 51.9 Å². The zero-order chi connectivity index (χ0) is 35.3. The van der Waals surface area contributed by atoms with E-state index in [9.17, 15) is 24.0 Å². The SMILES string of the molecule is CN1C[C@H](Nc2cnn(C)c(=O)c2Br)C[C@H](c2ccc(CN3CCN(c4cc5c(cc4F)C(=O)N(C4CCC(=O)NC4=O)C5=O)CC3)cc2)C1. The minimum absolute atomic E-state index is 0.0188. The number of amides is 4. The van der Waals surface area contributed by atoms with Gasteiger partial charge in [0.15, 0.2) is 0 Å². The number of imide groups is 2. The van der Waals surface area contributed by atoms with Crippen molar-refractivity contribution in [2.24, 2.45) is 7.05 Å². The van der Waals surface area contributed by atoms with Crippen molar-refractivity contribution in [1.29, 1.82) is 0 Å². The fourth-order valence-corrected chi connectivity index (χ4v) is 7.99. The third-order valence-corrected chi connectivity index (χ3v) is 10.9. The van der Waals surface area contributed by atoms with Gasteiger partial charge in [-0.25, -0.2) is 9.07 Å². The number of anilines is 2. The summed E-state index contributed by atoms with van der Waals surface area (Å²) in [5.74, 6) is -2.80. The molecule has 1 unspecified atom stereocenters. The van der Waals surface area contributed by atoms with E-state index < -0.39 is 35.5 Å². The second-order valence-electron chi connectivity index (χ2n) is 13.6. The average Bonchev–Trinajstić information content (AvgIpc) is 3.33. The molecule has 3 saturated heterocycles. The molecule has 0 aliphatic carbocycles. The van der Waals surface area contributed by atoms with Gasteiger partial charge in [-0.2, -0.15) is 5.10 Å². The lowest BCUT2D eigenvalue weighted by atomic mass is 9.87. The van der Waals surface area contributed by atoms with Crippen molar-refractivity contribution >= 4 is 50.9 Å². The second kappa shape index (κ2) is 13.7. The summed E-state index contributed by atoms with van der Waals surface area (Å²) < 4.78 is 17.2. The summed E-state index contributed by atoms with van der Waals surface area (Å²) in [5, 5.41) is 9.84. The summed E-state index contributed by atoms with van der Waals surface area (Å²) in [6.07, 6.45) is 2.65. The Kier molecular flexibility index (Phi) is 9.30. The number of nitrogens with one attached hydrogen (secondary N) is 2. The first-order chi connectivity index (χ1) is 24.0. The summed E-state index contributed by atoms with van der Waals surface area (Å²) in [5.41, 5.74) is 3.21. The standard InChI is InChI=1S/C35H38BrFN8O5/c1-41-18-22(13-23(19-41)39-27-16-38-42(2)35(50)31(27)36)21-5-3-20(4-6-21)17-43-9-11-44(12-10-43)29-15-25-24(14-26(29)37)33(48)45(34(25)49)28-7-8-30(46)40-32(28)47/h3-6,14-16,22-23,28,39H,7-13,17-19H2,1-2H3,(H,40,46,47)/t22-,23+,28?/m0/s1. The molecule has 15 heteroatoms. The van der Waals surface area contributed by atoms with Crippen molar-refractivity contribution < 1.29 is 23.6 Å². The van der Waals surface area contributed by atoms with Crippen LogP contribution in [0.25, 0.3) is 0 Å². The highest BCUT2D eigenvalue weighted by molar-refractivity contribution is 9.10. The van der Waals surface area contributed by atoms with Gasteiger partial charge >= 0.3 is 0 Å². The van der Waals surface area contributed by atoms with Gasteiger partial charge < -0.3 is 15.1 Å². The number of fused-ring (bicyclic) bond motifs is 1. The van der Waals surface area contributed by atoms with E-state index in [1.165, 1.54) is 21.9 Å². The first-order valence-corrected chi connectivity index (χ1v) is 17.5. The van der Waals surface area contributed by atoms with Gasteiger partial charge in [0.1, 0.15) is 16.3 Å². The van der Waals surface area contributed by atoms with E-state index >= 15 is 4.39 Å². The Bertz CT molecular complexity index is 1930. The van der Waals surface area contributed by atoms with E-state index in [1.807, 2.05) is 4.90 Å². The fourth-order valence-electron chi connectivity index (χ4n) is 7.52. The number of carbonyl (C=O) groups excluding carboxylic acids is 4. The average molecular weight is 750 g/mol. The van der Waals surface area contributed by atoms with Crippen molar-refractivity contribution in [2.45, 2.75) is 43.8 Å². The minimum Gasteiger partial charge on any atom is -0.379 e. The molecule has 13 nitrogen and oxygen atoms in total. The van der Waals surface area contributed by atoms with E-state index in [0.29, 0.717) is 42.3 Å². The van der Waals surface area contributed by atoms with Gasteiger partial charge in [0.05, 0.1) is 28.7 Å². The molecule has 262 valence electrons. The number of nitrogens with zero attached hydrogens (tertiary/aromatic N) is 6. The van der Waals surface area contributed by atoms with Crippen molar-refractivity contribution in [3.8, 4) is 0 Å². The highest BCUT2D eigenvalue weighted by Gasteiger charge is 2.45. The number of carbonyl (C=O) groups is 4. The van der Waals surface area contributed by atoms with Crippen LogP contribution < -0.4 is 21.1 Å². The Morgan fingerprint density at radius 1 is 0.960 bits per heavy atom. The number of hydrogen-bond acceptors (Lipinski definition) is 10. The molecule has 3 fully saturated rings. The Labute approximate surface area is 296 Å². The predicted octanol–water partition coefficient (Wildman–Crippen LogP) is 2.31. The number of aryl methyl sites for hydroxylation is 1. The quantitative estimate of drug-likeness (QED) is 0.346. The van der Waals surface area contributed by atoms with Crippen LogP contribution in [-0.4, -0.2) is 107 Å². The number of piperazine rings is 1. The molecule has 7 rings (SSSR count). The highest BCUT2D eigenvalue weighted by atomic mass is 79.9. The zero-order valence-corrected chi connectivity index (χ0v) is 29.4. The van der Waals surface area contributed by atoms with Crippen molar-refractivity contribution in [3.63, 3.8) is 0 Å². The number of piperidine rings is 2. The zero-order valence-electron chi connectivity index (χ0n) is 27.8. The van der Waals surface area contributed by atoms with Gasteiger partial charge in [-0.1, -0.05) is 24.3 Å². The number of likely N-dealkylation sites (N-methyl/N-ethyl adjacent to an activating group) is 1. The molecule has 0 spiro atoms. The van der Waals surface area contributed by atoms with Gasteiger partial charge in [-0.3, -0.25) is 39.1 Å². The molecule has 5 heterocycles. The lowest BCUT2D eigenvalue weighted by Gasteiger charge is -2.37. The van der Waals surface area contributed by atoms with Gasteiger partial charge in [0, 0.05) is 65.3 Å². The van der Waals surface area contributed by atoms with Crippen molar-refractivity contribution in [3.05, 3.63) is 85.5 Å². The Hall–Kier alpha value is -4.47. The van der Waals surface area contributed by atoms with Gasteiger partial charge in [-0.05, 0) is 65.0 Å². The molecule has 2 aromatic carbocycles. The molecular formula is C35H38BrFN8O5. The Morgan fingerprint density at radius 2 is 1.66 bits per heavy atom. The molecule has 3 aromatic rings. The van der Waals surface area contributed by atoms with Gasteiger partial charge in [0.2, 0.25) is 11.8 Å². The normalized spacial score (nSPS) is 23.3. The topological polar surface area (TPSA) is 140 Å². The summed E-state index contributed by atoms with van der Waals surface area (Å²) in [7, 11) is 3.73. The molecule has 4 aliphatic heterocycles. The molecular weight excluding hydrogens is 711 g/mol. The van der Waals surface area contributed by atoms with Crippen LogP contribution in [-0.2, 0) is 23.2 Å². The molecule has 50 heavy (non-hydrogen) atoms. The molecule has 0 bridgehead atoms. The minimum atomic E-state index is -1.10. The summed E-state index contributed by atoms with van der Waals surface area (Å²) in [6, 6.07) is 10.3. The molecule has 3 atom stereocenters. The molecule has 1 aromatic heterocycles. The highest BCUT2D eigenvalue weighted by Crippen LogP contribution is 2.34. The third kappa shape index (κ3) is 6.56. The number of halogens is 2. The van der Waals surface area contributed by atoms with E-state index in [0.717, 1.165) is 37.0 Å². The van der Waals surface area contributed by atoms with Crippen LogP contribution in [0.3, 0.4) is 0 Å². The molecule has 0 radical (unpaired) electrons. The Morgan fingerprint density at radius 3 is 2.36 bits per heavy atom. The van der Waals surface area contributed by atoms with Crippen LogP contribution in [0.1, 0.15) is 57.0 Å². The smallest absolute Gasteiger partial charge is 0.282 e. The maximum absolute atomic E-state index is 15.4. The van der Waals surface area contributed by atoms with Crippen molar-refractivity contribution in [1.82, 2.24) is 29.8 Å². The molecule has 0 saturated carbocycles. The van der Waals surface area contributed by atoms with E-state index in [4.69, 9.17) is 0 Å². The summed E-state index contributed by atoms with van der Waals surface area (Å²) >= 11 is 3.42. The predicted molar refractivity (Wildman–Crippen MR) is 186 cm³/mol. The number of aromatic nitrogens is 2. The maximum atomic E-state index is 15.4. The largest absolute Gasteiger partial charge is 0.379 e. The summed E-state index contributed by atoms with van der Waals surface area (Å²) in [4.78, 5) is 70.0. The Balaban J connectivity index is 0.953. The lowest BCUT2D eigenvalue weighted by Crippen LogP contribution is -2.54. The summed E-state index contributed by atoms with van der Waals surface area (Å²) in [6.45, 7) is 4.97. The number of hydrogen-bond donors (Lipinski definition) is 2. The first kappa shape index (κ1) is 34.0. The second-order valence-corrected chi connectivity index (χ2v) is 14.4. The number of likely N-dealkylation sites (tertiary alicyclic amines) is 1. The molecule has 4 aliphatic rings. The third-order valence-electron chi connectivity index (χ3n) is 10.1. The molecule has 2 N–H and O–H groups in total. The van der Waals surface area contributed by atoms with E-state index in [-0.39, 0.29) is 41.3 Å². The molecule has 4 amide bonds. The van der Waals surface area contributed by atoms with Gasteiger partial charge in [-0.15, -0.1) is 0 Å². The van der Waals surface area contributed by atoms with Crippen LogP contribution in [0.5, 0.6) is 0 Å². The van der Waals surface area contributed by atoms with Gasteiger partial charge in [0.25, 0.3) is 17.4 Å². The lowest BCUT2D eigenvalue weighted by molar-refractivity contribution is -0.136. The van der Waals surface area contributed by atoms with Crippen LogP contribution >= 0.6 is 15.9 Å². The first-order valence-electron chi connectivity index (χ1n) is 16.7. The fraction of sp³-hybridized carbons (Fsp3) is 0.429. The van der Waals surface area contributed by atoms with E-state index in [2.05, 4.69) is 72.8 Å². The van der Waals surface area contributed by atoms with Crippen LogP contribution in [0.2, 0.25) is 0 Å². The number of rotatable bonds is 7. The number of benzene rings is 2.